The smallest absolute Gasteiger partial charge is 0.225 e. The van der Waals surface area contributed by atoms with Crippen LogP contribution in [0.2, 0.25) is 0 Å². The van der Waals surface area contributed by atoms with Crippen molar-refractivity contribution in [2.75, 3.05) is 10.6 Å². The van der Waals surface area contributed by atoms with E-state index in [4.69, 9.17) is 0 Å². The summed E-state index contributed by atoms with van der Waals surface area (Å²) >= 11 is 0. The van der Waals surface area contributed by atoms with Crippen LogP contribution in [0.1, 0.15) is 22.8 Å². The predicted octanol–water partition coefficient (Wildman–Crippen LogP) is 5.70. The maximum atomic E-state index is 11.7. The summed E-state index contributed by atoms with van der Waals surface area (Å²) in [5.74, 6) is 1.21. The molecular weight excluding hydrogens is 372 g/mol. The van der Waals surface area contributed by atoms with Crippen molar-refractivity contribution in [2.45, 2.75) is 13.5 Å². The Hall–Kier alpha value is -3.99. The fraction of sp³-hybridized carbons (Fsp3) is 0.0800. The molecule has 0 aliphatic carbocycles. The first kappa shape index (κ1) is 19.3. The molecule has 0 spiro atoms. The Labute approximate surface area is 175 Å². The zero-order valence-corrected chi connectivity index (χ0v) is 16.7. The van der Waals surface area contributed by atoms with E-state index in [2.05, 4.69) is 32.7 Å². The van der Waals surface area contributed by atoms with Crippen molar-refractivity contribution in [3.63, 3.8) is 0 Å². The lowest BCUT2D eigenvalue weighted by molar-refractivity contribution is 0.101. The second-order valence-corrected chi connectivity index (χ2v) is 6.93. The second kappa shape index (κ2) is 9.01. The van der Waals surface area contributed by atoms with Gasteiger partial charge in [-0.25, -0.2) is 4.98 Å². The number of hydrogen-bond donors (Lipinski definition) is 2. The molecule has 0 bridgehead atoms. The topological polar surface area (TPSA) is 66.9 Å². The van der Waals surface area contributed by atoms with E-state index >= 15 is 0 Å². The molecule has 0 amide bonds. The number of ketones is 1. The monoisotopic (exact) mass is 394 g/mol. The number of anilines is 3. The van der Waals surface area contributed by atoms with E-state index in [-0.39, 0.29) is 5.78 Å². The summed E-state index contributed by atoms with van der Waals surface area (Å²) in [7, 11) is 0. The lowest BCUT2D eigenvalue weighted by atomic mass is 10.1. The molecule has 1 aromatic heterocycles. The Bertz CT molecular complexity index is 1140. The third kappa shape index (κ3) is 4.89. The van der Waals surface area contributed by atoms with E-state index in [1.807, 2.05) is 72.8 Å². The molecule has 0 saturated heterocycles. The molecule has 4 aromatic rings. The van der Waals surface area contributed by atoms with Gasteiger partial charge in [0.15, 0.2) is 5.78 Å². The molecular formula is C25H22N4O. The minimum absolute atomic E-state index is 0.0246. The van der Waals surface area contributed by atoms with Gasteiger partial charge in [-0.15, -0.1) is 0 Å². The predicted molar refractivity (Wildman–Crippen MR) is 121 cm³/mol. The Morgan fingerprint density at radius 1 is 0.833 bits per heavy atom. The first-order valence-corrected chi connectivity index (χ1v) is 9.78. The van der Waals surface area contributed by atoms with Gasteiger partial charge in [-0.2, -0.15) is 4.98 Å². The summed E-state index contributed by atoms with van der Waals surface area (Å²) < 4.78 is 0. The third-order valence-corrected chi connectivity index (χ3v) is 4.63. The van der Waals surface area contributed by atoms with Crippen molar-refractivity contribution >= 4 is 23.2 Å². The van der Waals surface area contributed by atoms with E-state index < -0.39 is 0 Å². The highest BCUT2D eigenvalue weighted by Gasteiger charge is 2.08. The van der Waals surface area contributed by atoms with E-state index in [0.29, 0.717) is 23.9 Å². The van der Waals surface area contributed by atoms with Gasteiger partial charge in [0.05, 0.1) is 5.69 Å². The van der Waals surface area contributed by atoms with Gasteiger partial charge in [0.1, 0.15) is 5.82 Å². The highest BCUT2D eigenvalue weighted by atomic mass is 16.1. The summed E-state index contributed by atoms with van der Waals surface area (Å²) in [4.78, 5) is 21.0. The third-order valence-electron chi connectivity index (χ3n) is 4.63. The normalized spacial score (nSPS) is 10.4. The van der Waals surface area contributed by atoms with Crippen LogP contribution < -0.4 is 10.6 Å². The number of nitrogens with zero attached hydrogens (tertiary/aromatic N) is 2. The van der Waals surface area contributed by atoms with Crippen LogP contribution in [0.5, 0.6) is 0 Å². The fourth-order valence-corrected chi connectivity index (χ4v) is 3.09. The quantitative estimate of drug-likeness (QED) is 0.394. The van der Waals surface area contributed by atoms with Gasteiger partial charge in [-0.3, -0.25) is 4.79 Å². The Morgan fingerprint density at radius 3 is 2.30 bits per heavy atom. The minimum Gasteiger partial charge on any atom is -0.350 e. The lowest BCUT2D eigenvalue weighted by Gasteiger charge is -2.12. The standard InChI is InChI=1S/C25H22N4O/c1-18(30)21-13-8-14-22(15-21)27-24-16-23(20-11-6-3-7-12-20)28-25(29-24)26-17-19-9-4-2-5-10-19/h2-16H,17H2,1H3,(H2,26,27,28,29). The van der Waals surface area contributed by atoms with E-state index in [0.717, 1.165) is 22.5 Å². The second-order valence-electron chi connectivity index (χ2n) is 6.93. The van der Waals surface area contributed by atoms with E-state index in [1.54, 1.807) is 13.0 Å². The van der Waals surface area contributed by atoms with Crippen molar-refractivity contribution in [2.24, 2.45) is 0 Å². The summed E-state index contributed by atoms with van der Waals surface area (Å²) in [5, 5.41) is 6.62. The van der Waals surface area contributed by atoms with Gasteiger partial charge in [-0.1, -0.05) is 72.8 Å². The zero-order valence-electron chi connectivity index (χ0n) is 16.7. The number of nitrogens with one attached hydrogen (secondary N) is 2. The zero-order chi connectivity index (χ0) is 20.8. The van der Waals surface area contributed by atoms with Crippen LogP contribution in [0.4, 0.5) is 17.5 Å². The van der Waals surface area contributed by atoms with Crippen LogP contribution in [-0.2, 0) is 6.54 Å². The van der Waals surface area contributed by atoms with Crippen molar-refractivity contribution in [3.05, 3.63) is 102 Å². The Kier molecular flexibility index (Phi) is 5.80. The summed E-state index contributed by atoms with van der Waals surface area (Å²) in [5.41, 5.74) is 4.42. The molecule has 0 aliphatic heterocycles. The first-order chi connectivity index (χ1) is 14.7. The molecule has 0 unspecified atom stereocenters. The van der Waals surface area contributed by atoms with Gasteiger partial charge in [0.25, 0.3) is 0 Å². The number of aromatic nitrogens is 2. The van der Waals surface area contributed by atoms with Crippen LogP contribution in [0.15, 0.2) is 91.0 Å². The number of Topliss-reactive ketones (excluding diaryl/α,β-unsaturated/α-hetero) is 1. The van der Waals surface area contributed by atoms with Crippen molar-refractivity contribution < 1.29 is 4.79 Å². The molecule has 2 N–H and O–H groups in total. The minimum atomic E-state index is 0.0246. The number of hydrogen-bond acceptors (Lipinski definition) is 5. The lowest BCUT2D eigenvalue weighted by Crippen LogP contribution is -2.06. The number of carbonyl (C=O) groups excluding carboxylic acids is 1. The molecule has 0 fully saturated rings. The number of rotatable bonds is 7. The van der Waals surface area contributed by atoms with E-state index in [1.165, 1.54) is 0 Å². The molecule has 5 nitrogen and oxygen atoms in total. The molecule has 1 heterocycles. The number of carbonyl (C=O) groups is 1. The molecule has 0 radical (unpaired) electrons. The van der Waals surface area contributed by atoms with Crippen LogP contribution in [-0.4, -0.2) is 15.8 Å². The van der Waals surface area contributed by atoms with E-state index in [9.17, 15) is 4.79 Å². The molecule has 0 atom stereocenters. The highest BCUT2D eigenvalue weighted by molar-refractivity contribution is 5.95. The van der Waals surface area contributed by atoms with Crippen molar-refractivity contribution in [1.29, 1.82) is 0 Å². The van der Waals surface area contributed by atoms with Gasteiger partial charge < -0.3 is 10.6 Å². The van der Waals surface area contributed by atoms with Crippen LogP contribution in [0, 0.1) is 0 Å². The Balaban J connectivity index is 1.65. The average Bonchev–Trinajstić information content (AvgIpc) is 2.79. The summed E-state index contributed by atoms with van der Waals surface area (Å²) in [6, 6.07) is 29.4. The molecule has 0 saturated carbocycles. The molecule has 30 heavy (non-hydrogen) atoms. The van der Waals surface area contributed by atoms with Gasteiger partial charge in [0, 0.05) is 29.4 Å². The molecule has 148 valence electrons. The molecule has 4 rings (SSSR count). The van der Waals surface area contributed by atoms with Crippen LogP contribution in [0.3, 0.4) is 0 Å². The van der Waals surface area contributed by atoms with Crippen LogP contribution >= 0.6 is 0 Å². The Morgan fingerprint density at radius 2 is 1.57 bits per heavy atom. The summed E-state index contributed by atoms with van der Waals surface area (Å²) in [6.07, 6.45) is 0. The average molecular weight is 394 g/mol. The van der Waals surface area contributed by atoms with Gasteiger partial charge in [0.2, 0.25) is 5.95 Å². The maximum Gasteiger partial charge on any atom is 0.225 e. The van der Waals surface area contributed by atoms with Gasteiger partial charge >= 0.3 is 0 Å². The largest absolute Gasteiger partial charge is 0.350 e. The first-order valence-electron chi connectivity index (χ1n) is 9.78. The molecule has 0 aliphatic rings. The molecule has 3 aromatic carbocycles. The SMILES string of the molecule is CC(=O)c1cccc(Nc2cc(-c3ccccc3)nc(NCc3ccccc3)n2)c1. The van der Waals surface area contributed by atoms with Gasteiger partial charge in [-0.05, 0) is 24.6 Å². The van der Waals surface area contributed by atoms with Crippen molar-refractivity contribution in [1.82, 2.24) is 9.97 Å². The number of benzene rings is 3. The van der Waals surface area contributed by atoms with Crippen LogP contribution in [0.25, 0.3) is 11.3 Å². The summed E-state index contributed by atoms with van der Waals surface area (Å²) in [6.45, 7) is 2.18. The van der Waals surface area contributed by atoms with Crippen molar-refractivity contribution in [3.8, 4) is 11.3 Å². The highest BCUT2D eigenvalue weighted by Crippen LogP contribution is 2.24. The maximum absolute atomic E-state index is 11.7. The fourth-order valence-electron chi connectivity index (χ4n) is 3.09. The molecule has 5 heteroatoms.